The first kappa shape index (κ1) is 17.9. The molecule has 3 rings (SSSR count). The molecule has 0 fully saturated rings. The van der Waals surface area contributed by atoms with Gasteiger partial charge >= 0.3 is 0 Å². The standard InChI is InChI=1S/C21H23N3O2/c1-3-14-23(15-4-2)21(26)19-17-12-8-9-13-18(17)20(25)24(22-19)16-10-6-5-7-11-16/h5-13H,3-4,14-15H2,1-2H3. The molecule has 0 radical (unpaired) electrons. The quantitative estimate of drug-likeness (QED) is 0.682. The van der Waals surface area contributed by atoms with Crippen LogP contribution < -0.4 is 5.56 Å². The summed E-state index contributed by atoms with van der Waals surface area (Å²) in [6.45, 7) is 5.44. The molecule has 0 aliphatic rings. The lowest BCUT2D eigenvalue weighted by Gasteiger charge is -2.22. The molecule has 0 spiro atoms. The molecule has 0 N–H and O–H groups in total. The fourth-order valence-corrected chi connectivity index (χ4v) is 3.10. The predicted octanol–water partition coefficient (Wildman–Crippen LogP) is 3.65. The van der Waals surface area contributed by atoms with E-state index in [9.17, 15) is 9.59 Å². The van der Waals surface area contributed by atoms with Crippen molar-refractivity contribution in [3.05, 3.63) is 70.6 Å². The molecule has 1 aromatic heterocycles. The minimum atomic E-state index is -0.221. The van der Waals surface area contributed by atoms with Gasteiger partial charge in [0.1, 0.15) is 0 Å². The SMILES string of the molecule is CCCN(CCC)C(=O)c1nn(-c2ccccc2)c(=O)c2ccccc12. The maximum Gasteiger partial charge on any atom is 0.279 e. The van der Waals surface area contributed by atoms with Crippen LogP contribution in [0.4, 0.5) is 0 Å². The fraction of sp³-hybridized carbons (Fsp3) is 0.286. The largest absolute Gasteiger partial charge is 0.337 e. The lowest BCUT2D eigenvalue weighted by atomic mass is 10.1. The van der Waals surface area contributed by atoms with Gasteiger partial charge in [0.05, 0.1) is 11.1 Å². The molecule has 3 aromatic rings. The summed E-state index contributed by atoms with van der Waals surface area (Å²) < 4.78 is 1.33. The Morgan fingerprint density at radius 3 is 2.12 bits per heavy atom. The smallest absolute Gasteiger partial charge is 0.279 e. The highest BCUT2D eigenvalue weighted by molar-refractivity contribution is 6.04. The number of hydrogen-bond acceptors (Lipinski definition) is 3. The lowest BCUT2D eigenvalue weighted by Crippen LogP contribution is -2.35. The fourth-order valence-electron chi connectivity index (χ4n) is 3.10. The number of aromatic nitrogens is 2. The highest BCUT2D eigenvalue weighted by Gasteiger charge is 2.21. The Morgan fingerprint density at radius 1 is 0.923 bits per heavy atom. The van der Waals surface area contributed by atoms with E-state index in [1.54, 1.807) is 12.1 Å². The zero-order chi connectivity index (χ0) is 18.5. The first-order valence-corrected chi connectivity index (χ1v) is 9.04. The zero-order valence-corrected chi connectivity index (χ0v) is 15.2. The Kier molecular flexibility index (Phi) is 5.46. The number of carbonyl (C=O) groups is 1. The van der Waals surface area contributed by atoms with Crippen LogP contribution >= 0.6 is 0 Å². The van der Waals surface area contributed by atoms with E-state index in [1.807, 2.05) is 61.2 Å². The first-order chi connectivity index (χ1) is 12.7. The van der Waals surface area contributed by atoms with Crippen LogP contribution in [-0.4, -0.2) is 33.7 Å². The molecule has 0 saturated carbocycles. The number of hydrogen-bond donors (Lipinski definition) is 0. The molecule has 0 aliphatic carbocycles. The van der Waals surface area contributed by atoms with Crippen LogP contribution in [-0.2, 0) is 0 Å². The van der Waals surface area contributed by atoms with Crippen molar-refractivity contribution in [2.45, 2.75) is 26.7 Å². The molecule has 26 heavy (non-hydrogen) atoms. The summed E-state index contributed by atoms with van der Waals surface area (Å²) >= 11 is 0. The van der Waals surface area contributed by atoms with Crippen LogP contribution in [0.3, 0.4) is 0 Å². The minimum Gasteiger partial charge on any atom is -0.337 e. The molecule has 0 saturated heterocycles. The highest BCUT2D eigenvalue weighted by Crippen LogP contribution is 2.17. The van der Waals surface area contributed by atoms with Crippen molar-refractivity contribution in [3.8, 4) is 5.69 Å². The first-order valence-electron chi connectivity index (χ1n) is 9.04. The lowest BCUT2D eigenvalue weighted by molar-refractivity contribution is 0.0750. The summed E-state index contributed by atoms with van der Waals surface area (Å²) in [6.07, 6.45) is 1.75. The van der Waals surface area contributed by atoms with Crippen molar-refractivity contribution in [2.75, 3.05) is 13.1 Å². The second-order valence-corrected chi connectivity index (χ2v) is 6.24. The molecule has 1 heterocycles. The second kappa shape index (κ2) is 7.95. The summed E-state index contributed by atoms with van der Waals surface area (Å²) in [5, 5.41) is 5.58. The van der Waals surface area contributed by atoms with Crippen molar-refractivity contribution in [2.24, 2.45) is 0 Å². The van der Waals surface area contributed by atoms with E-state index in [4.69, 9.17) is 0 Å². The Labute approximate surface area is 152 Å². The zero-order valence-electron chi connectivity index (χ0n) is 15.2. The number of carbonyl (C=O) groups excluding carboxylic acids is 1. The van der Waals surface area contributed by atoms with Gasteiger partial charge in [-0.3, -0.25) is 9.59 Å². The van der Waals surface area contributed by atoms with Gasteiger partial charge in [0.25, 0.3) is 11.5 Å². The molecule has 5 heteroatoms. The van der Waals surface area contributed by atoms with Crippen LogP contribution in [0.1, 0.15) is 37.2 Å². The Morgan fingerprint density at radius 2 is 1.50 bits per heavy atom. The van der Waals surface area contributed by atoms with Crippen LogP contribution in [0.15, 0.2) is 59.4 Å². The van der Waals surface area contributed by atoms with Gasteiger partial charge in [-0.15, -0.1) is 0 Å². The molecule has 0 aliphatic heterocycles. The molecule has 0 bridgehead atoms. The van der Waals surface area contributed by atoms with Gasteiger partial charge in [-0.25, -0.2) is 0 Å². The van der Waals surface area contributed by atoms with Gasteiger partial charge in [0, 0.05) is 18.5 Å². The number of rotatable bonds is 6. The van der Waals surface area contributed by atoms with Gasteiger partial charge in [0.2, 0.25) is 0 Å². The molecular formula is C21H23N3O2. The summed E-state index contributed by atoms with van der Waals surface area (Å²) in [6, 6.07) is 16.4. The van der Waals surface area contributed by atoms with Crippen LogP contribution in [0.2, 0.25) is 0 Å². The maximum atomic E-state index is 13.2. The molecule has 0 unspecified atom stereocenters. The summed E-state index contributed by atoms with van der Waals surface area (Å²) in [5.41, 5.74) is 0.752. The second-order valence-electron chi connectivity index (χ2n) is 6.24. The van der Waals surface area contributed by atoms with Crippen molar-refractivity contribution >= 4 is 16.7 Å². The summed E-state index contributed by atoms with van der Waals surface area (Å²) in [5.74, 6) is -0.130. The van der Waals surface area contributed by atoms with Crippen molar-refractivity contribution in [1.82, 2.24) is 14.7 Å². The van der Waals surface area contributed by atoms with Gasteiger partial charge in [-0.2, -0.15) is 9.78 Å². The average molecular weight is 349 g/mol. The van der Waals surface area contributed by atoms with E-state index in [0.29, 0.717) is 35.2 Å². The van der Waals surface area contributed by atoms with E-state index in [0.717, 1.165) is 12.8 Å². The van der Waals surface area contributed by atoms with Crippen molar-refractivity contribution in [1.29, 1.82) is 0 Å². The molecule has 0 atom stereocenters. The number of fused-ring (bicyclic) bond motifs is 1. The van der Waals surface area contributed by atoms with E-state index >= 15 is 0 Å². The maximum absolute atomic E-state index is 13.2. The van der Waals surface area contributed by atoms with Crippen molar-refractivity contribution < 1.29 is 4.79 Å². The summed E-state index contributed by atoms with van der Waals surface area (Å²) in [7, 11) is 0. The van der Waals surface area contributed by atoms with Gasteiger partial charge in [-0.1, -0.05) is 50.2 Å². The average Bonchev–Trinajstić information content (AvgIpc) is 2.68. The van der Waals surface area contributed by atoms with Crippen LogP contribution in [0.25, 0.3) is 16.5 Å². The molecule has 1 amide bonds. The van der Waals surface area contributed by atoms with Gasteiger partial charge in [-0.05, 0) is 31.0 Å². The van der Waals surface area contributed by atoms with E-state index in [-0.39, 0.29) is 11.5 Å². The molecule has 5 nitrogen and oxygen atoms in total. The number of benzene rings is 2. The number of amides is 1. The van der Waals surface area contributed by atoms with Crippen molar-refractivity contribution in [3.63, 3.8) is 0 Å². The van der Waals surface area contributed by atoms with E-state index in [1.165, 1.54) is 4.68 Å². The minimum absolute atomic E-state index is 0.130. The monoisotopic (exact) mass is 349 g/mol. The summed E-state index contributed by atoms with van der Waals surface area (Å²) in [4.78, 5) is 27.9. The third kappa shape index (κ3) is 3.38. The molecule has 134 valence electrons. The Hall–Kier alpha value is -2.95. The normalized spacial score (nSPS) is 10.8. The number of para-hydroxylation sites is 1. The third-order valence-electron chi connectivity index (χ3n) is 4.28. The highest BCUT2D eigenvalue weighted by atomic mass is 16.2. The van der Waals surface area contributed by atoms with E-state index in [2.05, 4.69) is 5.10 Å². The topological polar surface area (TPSA) is 55.2 Å². The van der Waals surface area contributed by atoms with Gasteiger partial charge in [0.15, 0.2) is 5.69 Å². The van der Waals surface area contributed by atoms with E-state index < -0.39 is 0 Å². The van der Waals surface area contributed by atoms with Crippen LogP contribution in [0.5, 0.6) is 0 Å². The molecule has 2 aromatic carbocycles. The van der Waals surface area contributed by atoms with Gasteiger partial charge < -0.3 is 4.90 Å². The number of nitrogens with zero attached hydrogens (tertiary/aromatic N) is 3. The Balaban J connectivity index is 2.23. The third-order valence-corrected chi connectivity index (χ3v) is 4.28. The predicted molar refractivity (Wildman–Crippen MR) is 104 cm³/mol. The van der Waals surface area contributed by atoms with Crippen LogP contribution in [0, 0.1) is 0 Å². The Bertz CT molecular complexity index is 958. The molecular weight excluding hydrogens is 326 g/mol.